The van der Waals surface area contributed by atoms with Gasteiger partial charge in [0.1, 0.15) is 5.01 Å². The van der Waals surface area contributed by atoms with E-state index in [4.69, 9.17) is 0 Å². The maximum Gasteiger partial charge on any atom is 0.324 e. The van der Waals surface area contributed by atoms with Crippen molar-refractivity contribution in [2.24, 2.45) is 0 Å². The van der Waals surface area contributed by atoms with Crippen molar-refractivity contribution in [2.75, 3.05) is 18.5 Å². The second-order valence-electron chi connectivity index (χ2n) is 5.81. The van der Waals surface area contributed by atoms with Gasteiger partial charge in [-0.05, 0) is 36.8 Å². The second kappa shape index (κ2) is 7.72. The number of hydrogen-bond acceptors (Lipinski definition) is 5. The first-order chi connectivity index (χ1) is 11.7. The zero-order valence-corrected chi connectivity index (χ0v) is 14.6. The van der Waals surface area contributed by atoms with E-state index in [1.54, 1.807) is 4.90 Å². The second-order valence-corrected chi connectivity index (χ2v) is 6.87. The van der Waals surface area contributed by atoms with Crippen LogP contribution in [-0.4, -0.2) is 39.4 Å². The summed E-state index contributed by atoms with van der Waals surface area (Å²) >= 11 is 1.39. The Morgan fingerprint density at radius 2 is 2.25 bits per heavy atom. The molecule has 2 aromatic rings. The van der Waals surface area contributed by atoms with Gasteiger partial charge in [0.25, 0.3) is 0 Å². The highest BCUT2D eigenvalue weighted by Crippen LogP contribution is 2.34. The van der Waals surface area contributed by atoms with Crippen molar-refractivity contribution in [2.45, 2.75) is 38.6 Å². The summed E-state index contributed by atoms with van der Waals surface area (Å²) in [5.41, 5.74) is 2.47. The monoisotopic (exact) mass is 346 g/mol. The molecule has 3 rings (SSSR count). The number of nitrogens with zero attached hydrogens (tertiary/aromatic N) is 3. The lowest BCUT2D eigenvalue weighted by molar-refractivity contribution is 0.155. The molecule has 1 aliphatic rings. The van der Waals surface area contributed by atoms with E-state index in [9.17, 15) is 9.90 Å². The Balaban J connectivity index is 1.80. The fourth-order valence-corrected chi connectivity index (χ4v) is 3.84. The minimum absolute atomic E-state index is 0.0133. The Bertz CT molecular complexity index is 703. The summed E-state index contributed by atoms with van der Waals surface area (Å²) in [7, 11) is 0. The molecule has 0 spiro atoms. The molecule has 0 fully saturated rings. The van der Waals surface area contributed by atoms with Crippen molar-refractivity contribution in [3.05, 3.63) is 40.4 Å². The zero-order chi connectivity index (χ0) is 16.9. The van der Waals surface area contributed by atoms with Crippen molar-refractivity contribution in [1.29, 1.82) is 0 Å². The normalized spacial score (nSPS) is 16.5. The standard InChI is InChI=1S/C17H22N4O2S/c1-2-15-19-20-16(24-15)18-17(23)21(10-11-22)14-9-5-7-12-6-3-4-8-13(12)14/h3-4,6,8,14,22H,2,5,7,9-11H2,1H3,(H,18,20,23). The van der Waals surface area contributed by atoms with Gasteiger partial charge in [-0.3, -0.25) is 5.32 Å². The predicted octanol–water partition coefficient (Wildman–Crippen LogP) is 3.00. The number of carbonyl (C=O) groups is 1. The molecule has 0 saturated heterocycles. The molecule has 1 aromatic carbocycles. The van der Waals surface area contributed by atoms with E-state index in [1.165, 1.54) is 22.5 Å². The Kier molecular flexibility index (Phi) is 5.42. The molecule has 1 unspecified atom stereocenters. The summed E-state index contributed by atoms with van der Waals surface area (Å²) < 4.78 is 0. The third-order valence-corrected chi connectivity index (χ3v) is 5.28. The molecule has 1 atom stereocenters. The summed E-state index contributed by atoms with van der Waals surface area (Å²) in [6, 6.07) is 7.99. The molecular weight excluding hydrogens is 324 g/mol. The third kappa shape index (κ3) is 3.57. The van der Waals surface area contributed by atoms with Gasteiger partial charge in [-0.2, -0.15) is 0 Å². The number of carbonyl (C=O) groups excluding carboxylic acids is 1. The van der Waals surface area contributed by atoms with Gasteiger partial charge >= 0.3 is 6.03 Å². The Hall–Kier alpha value is -1.99. The molecule has 0 radical (unpaired) electrons. The highest BCUT2D eigenvalue weighted by molar-refractivity contribution is 7.15. The van der Waals surface area contributed by atoms with Crippen LogP contribution in [0, 0.1) is 0 Å². The van der Waals surface area contributed by atoms with E-state index in [1.807, 2.05) is 19.1 Å². The van der Waals surface area contributed by atoms with E-state index >= 15 is 0 Å². The molecule has 128 valence electrons. The van der Waals surface area contributed by atoms with Crippen LogP contribution >= 0.6 is 11.3 Å². The average Bonchev–Trinajstić information content (AvgIpc) is 3.07. The van der Waals surface area contributed by atoms with Gasteiger partial charge < -0.3 is 10.0 Å². The average molecular weight is 346 g/mol. The number of urea groups is 1. The molecule has 24 heavy (non-hydrogen) atoms. The number of nitrogens with one attached hydrogen (secondary N) is 1. The predicted molar refractivity (Wildman–Crippen MR) is 94.2 cm³/mol. The molecule has 1 heterocycles. The largest absolute Gasteiger partial charge is 0.395 e. The summed E-state index contributed by atoms with van der Waals surface area (Å²) in [6.45, 7) is 2.23. The van der Waals surface area contributed by atoms with Crippen LogP contribution in [-0.2, 0) is 12.8 Å². The van der Waals surface area contributed by atoms with Gasteiger partial charge in [-0.1, -0.05) is 42.5 Å². The van der Waals surface area contributed by atoms with E-state index in [2.05, 4.69) is 27.6 Å². The lowest BCUT2D eigenvalue weighted by Crippen LogP contribution is -2.41. The Labute approximate surface area is 145 Å². The van der Waals surface area contributed by atoms with Crippen LogP contribution in [0.25, 0.3) is 0 Å². The SMILES string of the molecule is CCc1nnc(NC(=O)N(CCO)C2CCCc3ccccc32)s1. The van der Waals surface area contributed by atoms with Gasteiger partial charge in [0, 0.05) is 6.54 Å². The molecule has 2 N–H and O–H groups in total. The van der Waals surface area contributed by atoms with Crippen molar-refractivity contribution in [1.82, 2.24) is 15.1 Å². The molecule has 0 aliphatic heterocycles. The highest BCUT2D eigenvalue weighted by Gasteiger charge is 2.29. The summed E-state index contributed by atoms with van der Waals surface area (Å²) in [4.78, 5) is 14.5. The molecule has 1 aromatic heterocycles. The molecule has 0 saturated carbocycles. The third-order valence-electron chi connectivity index (χ3n) is 4.30. The summed E-state index contributed by atoms with van der Waals surface area (Å²) in [5.74, 6) is 0. The number of aryl methyl sites for hydroxylation is 2. The van der Waals surface area contributed by atoms with Crippen LogP contribution in [0.2, 0.25) is 0 Å². The molecule has 1 aliphatic carbocycles. The molecular formula is C17H22N4O2S. The van der Waals surface area contributed by atoms with Crippen LogP contribution in [0.1, 0.15) is 41.9 Å². The van der Waals surface area contributed by atoms with Gasteiger partial charge in [0.2, 0.25) is 5.13 Å². The fraction of sp³-hybridized carbons (Fsp3) is 0.471. The summed E-state index contributed by atoms with van der Waals surface area (Å²) in [5, 5.41) is 21.7. The maximum absolute atomic E-state index is 12.8. The van der Waals surface area contributed by atoms with Crippen LogP contribution in [0.4, 0.5) is 9.93 Å². The Morgan fingerprint density at radius 1 is 1.42 bits per heavy atom. The number of hydrogen-bond donors (Lipinski definition) is 2. The number of fused-ring (bicyclic) bond motifs is 1. The van der Waals surface area contributed by atoms with E-state index in [-0.39, 0.29) is 18.7 Å². The minimum atomic E-state index is -0.232. The number of benzene rings is 1. The minimum Gasteiger partial charge on any atom is -0.395 e. The lowest BCUT2D eigenvalue weighted by atomic mass is 9.87. The molecule has 2 amide bonds. The van der Waals surface area contributed by atoms with Gasteiger partial charge in [0.05, 0.1) is 12.6 Å². The van der Waals surface area contributed by atoms with Crippen LogP contribution < -0.4 is 5.32 Å². The lowest BCUT2D eigenvalue weighted by Gasteiger charge is -2.35. The fourth-order valence-electron chi connectivity index (χ4n) is 3.17. The smallest absolute Gasteiger partial charge is 0.324 e. The number of amides is 2. The number of aliphatic hydroxyl groups excluding tert-OH is 1. The van der Waals surface area contributed by atoms with E-state index in [0.717, 1.165) is 30.7 Å². The van der Waals surface area contributed by atoms with Gasteiger partial charge in [-0.25, -0.2) is 4.79 Å². The first kappa shape index (κ1) is 16.9. The number of aromatic nitrogens is 2. The van der Waals surface area contributed by atoms with Crippen molar-refractivity contribution >= 4 is 22.5 Å². The first-order valence-electron chi connectivity index (χ1n) is 8.31. The van der Waals surface area contributed by atoms with E-state index in [0.29, 0.717) is 11.7 Å². The zero-order valence-electron chi connectivity index (χ0n) is 13.7. The van der Waals surface area contributed by atoms with Crippen LogP contribution in [0.5, 0.6) is 0 Å². The molecule has 7 heteroatoms. The molecule has 0 bridgehead atoms. The highest BCUT2D eigenvalue weighted by atomic mass is 32.1. The Morgan fingerprint density at radius 3 is 3.00 bits per heavy atom. The van der Waals surface area contributed by atoms with Crippen molar-refractivity contribution in [3.8, 4) is 0 Å². The molecule has 6 nitrogen and oxygen atoms in total. The first-order valence-corrected chi connectivity index (χ1v) is 9.13. The number of rotatable bonds is 5. The van der Waals surface area contributed by atoms with Crippen LogP contribution in [0.3, 0.4) is 0 Å². The van der Waals surface area contributed by atoms with Gasteiger partial charge in [-0.15, -0.1) is 10.2 Å². The van der Waals surface area contributed by atoms with Crippen molar-refractivity contribution in [3.63, 3.8) is 0 Å². The number of aliphatic hydroxyl groups is 1. The maximum atomic E-state index is 12.8. The number of anilines is 1. The van der Waals surface area contributed by atoms with Crippen molar-refractivity contribution < 1.29 is 9.90 Å². The quantitative estimate of drug-likeness (QED) is 0.872. The van der Waals surface area contributed by atoms with E-state index < -0.39 is 0 Å². The van der Waals surface area contributed by atoms with Crippen LogP contribution in [0.15, 0.2) is 24.3 Å². The topological polar surface area (TPSA) is 78.4 Å². The summed E-state index contributed by atoms with van der Waals surface area (Å²) in [6.07, 6.45) is 3.78. The van der Waals surface area contributed by atoms with Gasteiger partial charge in [0.15, 0.2) is 0 Å².